The zero-order valence-corrected chi connectivity index (χ0v) is 14.1. The van der Waals surface area contributed by atoms with E-state index in [1.807, 2.05) is 13.1 Å². The van der Waals surface area contributed by atoms with E-state index in [9.17, 15) is 0 Å². The zero-order valence-electron chi connectivity index (χ0n) is 12.5. The second-order valence-electron chi connectivity index (χ2n) is 5.77. The summed E-state index contributed by atoms with van der Waals surface area (Å²) in [6.07, 6.45) is 3.91. The summed E-state index contributed by atoms with van der Waals surface area (Å²) < 4.78 is 12.4. The van der Waals surface area contributed by atoms with E-state index in [2.05, 4.69) is 32.2 Å². The van der Waals surface area contributed by atoms with Crippen LogP contribution in [0.1, 0.15) is 24.8 Å². The summed E-state index contributed by atoms with van der Waals surface area (Å²) >= 11 is 3.68. The number of nitrogens with zero attached hydrogens (tertiary/aromatic N) is 1. The molecule has 0 spiro atoms. The molecule has 1 aromatic carbocycles. The van der Waals surface area contributed by atoms with Gasteiger partial charge in [0.1, 0.15) is 13.2 Å². The van der Waals surface area contributed by atoms with Gasteiger partial charge in [-0.1, -0.05) is 22.4 Å². The molecule has 1 N–H and O–H groups in total. The van der Waals surface area contributed by atoms with E-state index < -0.39 is 0 Å². The molecule has 2 heterocycles. The van der Waals surface area contributed by atoms with Crippen LogP contribution < -0.4 is 14.8 Å². The first-order valence-electron chi connectivity index (χ1n) is 7.74. The Labute approximate surface area is 134 Å². The predicted octanol–water partition coefficient (Wildman–Crippen LogP) is 2.79. The lowest BCUT2D eigenvalue weighted by Crippen LogP contribution is -2.44. The normalized spacial score (nSPS) is 22.3. The van der Waals surface area contributed by atoms with Gasteiger partial charge in [-0.05, 0) is 44.1 Å². The van der Waals surface area contributed by atoms with Crippen molar-refractivity contribution in [1.82, 2.24) is 10.2 Å². The Morgan fingerprint density at radius 3 is 2.76 bits per heavy atom. The van der Waals surface area contributed by atoms with Crippen LogP contribution in [-0.2, 0) is 6.54 Å². The fourth-order valence-corrected chi connectivity index (χ4v) is 3.63. The first-order valence-corrected chi connectivity index (χ1v) is 8.54. The summed E-state index contributed by atoms with van der Waals surface area (Å²) in [6, 6.07) is 4.80. The molecule has 3 rings (SSSR count). The quantitative estimate of drug-likeness (QED) is 0.901. The molecule has 21 heavy (non-hydrogen) atoms. The van der Waals surface area contributed by atoms with Crippen molar-refractivity contribution in [3.8, 4) is 11.5 Å². The van der Waals surface area contributed by atoms with Crippen LogP contribution in [-0.4, -0.2) is 44.3 Å². The molecule has 2 aliphatic rings. The lowest BCUT2D eigenvalue weighted by molar-refractivity contribution is 0.138. The van der Waals surface area contributed by atoms with Crippen molar-refractivity contribution in [2.45, 2.75) is 31.8 Å². The highest BCUT2D eigenvalue weighted by atomic mass is 79.9. The number of halogens is 1. The Balaban J connectivity index is 1.76. The number of fused-ring (bicyclic) bond motifs is 1. The third-order valence-electron chi connectivity index (χ3n) is 4.27. The maximum absolute atomic E-state index is 5.71. The van der Waals surface area contributed by atoms with Crippen LogP contribution >= 0.6 is 15.9 Å². The average Bonchev–Trinajstić information content (AvgIpc) is 2.50. The van der Waals surface area contributed by atoms with Gasteiger partial charge in [0.2, 0.25) is 0 Å². The maximum atomic E-state index is 5.71. The molecule has 1 aromatic rings. The summed E-state index contributed by atoms with van der Waals surface area (Å²) in [4.78, 5) is 2.58. The van der Waals surface area contributed by atoms with Crippen molar-refractivity contribution in [2.75, 3.05) is 33.4 Å². The van der Waals surface area contributed by atoms with E-state index in [4.69, 9.17) is 9.47 Å². The minimum absolute atomic E-state index is 0.629. The van der Waals surface area contributed by atoms with Crippen LogP contribution in [0.2, 0.25) is 0 Å². The van der Waals surface area contributed by atoms with E-state index in [1.165, 1.54) is 31.4 Å². The van der Waals surface area contributed by atoms with Crippen LogP contribution in [0.5, 0.6) is 11.5 Å². The Bertz CT molecular complexity index is 493. The third kappa shape index (κ3) is 3.52. The second-order valence-corrected chi connectivity index (χ2v) is 6.62. The minimum Gasteiger partial charge on any atom is -0.486 e. The highest BCUT2D eigenvalue weighted by molar-refractivity contribution is 9.10. The van der Waals surface area contributed by atoms with Gasteiger partial charge >= 0.3 is 0 Å². The summed E-state index contributed by atoms with van der Waals surface area (Å²) in [5.74, 6) is 1.73. The Hall–Kier alpha value is -0.780. The molecule has 5 heteroatoms. The number of likely N-dealkylation sites (tertiary alicyclic amines) is 1. The van der Waals surface area contributed by atoms with Gasteiger partial charge in [0.25, 0.3) is 0 Å². The predicted molar refractivity (Wildman–Crippen MR) is 87.1 cm³/mol. The molecule has 2 aliphatic heterocycles. The van der Waals surface area contributed by atoms with Crippen LogP contribution in [0.3, 0.4) is 0 Å². The second kappa shape index (κ2) is 6.99. The first-order chi connectivity index (χ1) is 10.3. The topological polar surface area (TPSA) is 33.7 Å². The average molecular weight is 355 g/mol. The van der Waals surface area contributed by atoms with Crippen molar-refractivity contribution in [2.24, 2.45) is 0 Å². The van der Waals surface area contributed by atoms with Crippen LogP contribution in [0.25, 0.3) is 0 Å². The highest BCUT2D eigenvalue weighted by Crippen LogP contribution is 2.36. The van der Waals surface area contributed by atoms with Gasteiger partial charge in [0, 0.05) is 23.6 Å². The number of likely N-dealkylation sites (N-methyl/N-ethyl adjacent to an activating group) is 1. The molecular weight excluding hydrogens is 332 g/mol. The molecule has 0 saturated carbocycles. The number of rotatable bonds is 4. The summed E-state index contributed by atoms with van der Waals surface area (Å²) in [5, 5.41) is 3.32. The van der Waals surface area contributed by atoms with Crippen LogP contribution in [0.4, 0.5) is 0 Å². The fraction of sp³-hybridized carbons (Fsp3) is 0.625. The summed E-state index contributed by atoms with van der Waals surface area (Å²) in [5.41, 5.74) is 1.28. The van der Waals surface area contributed by atoms with Crippen LogP contribution in [0.15, 0.2) is 16.6 Å². The molecule has 1 unspecified atom stereocenters. The Kier molecular flexibility index (Phi) is 5.03. The Morgan fingerprint density at radius 1 is 1.24 bits per heavy atom. The smallest absolute Gasteiger partial charge is 0.162 e. The lowest BCUT2D eigenvalue weighted by atomic mass is 10.0. The van der Waals surface area contributed by atoms with Crippen molar-refractivity contribution >= 4 is 15.9 Å². The maximum Gasteiger partial charge on any atom is 0.162 e. The molecule has 0 radical (unpaired) electrons. The molecule has 1 fully saturated rings. The molecule has 0 aliphatic carbocycles. The molecule has 0 aromatic heterocycles. The van der Waals surface area contributed by atoms with Gasteiger partial charge in [0.15, 0.2) is 11.5 Å². The number of nitrogens with one attached hydrogen (secondary N) is 1. The minimum atomic E-state index is 0.629. The molecular formula is C16H23BrN2O2. The number of hydrogen-bond donors (Lipinski definition) is 1. The van der Waals surface area contributed by atoms with Crippen molar-refractivity contribution in [1.29, 1.82) is 0 Å². The van der Waals surface area contributed by atoms with E-state index >= 15 is 0 Å². The molecule has 0 bridgehead atoms. The summed E-state index contributed by atoms with van der Waals surface area (Å²) in [7, 11) is 2.03. The molecule has 4 nitrogen and oxygen atoms in total. The van der Waals surface area contributed by atoms with Crippen molar-refractivity contribution < 1.29 is 9.47 Å². The van der Waals surface area contributed by atoms with Gasteiger partial charge in [-0.25, -0.2) is 0 Å². The van der Waals surface area contributed by atoms with Gasteiger partial charge in [-0.2, -0.15) is 0 Å². The third-order valence-corrected chi connectivity index (χ3v) is 5.01. The monoisotopic (exact) mass is 354 g/mol. The number of benzene rings is 1. The van der Waals surface area contributed by atoms with Gasteiger partial charge in [-0.3, -0.25) is 4.90 Å². The van der Waals surface area contributed by atoms with Gasteiger partial charge in [0.05, 0.1) is 0 Å². The Morgan fingerprint density at radius 2 is 2.00 bits per heavy atom. The fourth-order valence-electron chi connectivity index (χ4n) is 3.18. The van der Waals surface area contributed by atoms with Gasteiger partial charge in [-0.15, -0.1) is 0 Å². The van der Waals surface area contributed by atoms with E-state index in [1.54, 1.807) is 0 Å². The number of hydrogen-bond acceptors (Lipinski definition) is 4. The highest BCUT2D eigenvalue weighted by Gasteiger charge is 2.23. The van der Waals surface area contributed by atoms with Gasteiger partial charge < -0.3 is 14.8 Å². The van der Waals surface area contributed by atoms with Crippen molar-refractivity contribution in [3.63, 3.8) is 0 Å². The molecule has 116 valence electrons. The standard InChI is InChI=1S/C16H23BrN2O2/c1-18-10-13-4-2-3-5-19(13)11-12-8-15-16(9-14(12)17)21-7-6-20-15/h8-9,13,18H,2-7,10-11H2,1H3. The first kappa shape index (κ1) is 15.1. The SMILES string of the molecule is CNCC1CCCCN1Cc1cc2c(cc1Br)OCCO2. The van der Waals surface area contributed by atoms with Crippen LogP contribution in [0, 0.1) is 0 Å². The number of piperidine rings is 1. The molecule has 1 saturated heterocycles. The zero-order chi connectivity index (χ0) is 14.7. The largest absolute Gasteiger partial charge is 0.486 e. The summed E-state index contributed by atoms with van der Waals surface area (Å²) in [6.45, 7) is 4.47. The van der Waals surface area contributed by atoms with Crippen molar-refractivity contribution in [3.05, 3.63) is 22.2 Å². The van der Waals surface area contributed by atoms with E-state index in [0.717, 1.165) is 29.1 Å². The molecule has 1 atom stereocenters. The number of ether oxygens (including phenoxy) is 2. The lowest BCUT2D eigenvalue weighted by Gasteiger charge is -2.36. The van der Waals surface area contributed by atoms with E-state index in [-0.39, 0.29) is 0 Å². The van der Waals surface area contributed by atoms with E-state index in [0.29, 0.717) is 19.3 Å². The molecule has 0 amide bonds.